The molecule has 9 nitrogen and oxygen atoms in total. The number of nitrogens with two attached hydrogens (primary N) is 1. The highest BCUT2D eigenvalue weighted by Crippen LogP contribution is 2.14. The number of carbonyl (C=O) groups is 4. The number of alkyl halides is 3. The summed E-state index contributed by atoms with van der Waals surface area (Å²) in [5, 5.41) is 6.44. The molecule has 156 valence electrons. The van der Waals surface area contributed by atoms with Crippen molar-refractivity contribution in [3.8, 4) is 0 Å². The fraction of sp³-hybridized carbons (Fsp3) is 0.733. The summed E-state index contributed by atoms with van der Waals surface area (Å²) in [4.78, 5) is 45.6. The van der Waals surface area contributed by atoms with Crippen molar-refractivity contribution in [1.82, 2.24) is 16.0 Å². The minimum absolute atomic E-state index is 0.153. The first kappa shape index (κ1) is 24.6. The molecule has 0 aliphatic rings. The van der Waals surface area contributed by atoms with Gasteiger partial charge in [0.2, 0.25) is 11.8 Å². The molecule has 0 aromatic carbocycles. The zero-order valence-corrected chi connectivity index (χ0v) is 15.3. The van der Waals surface area contributed by atoms with Gasteiger partial charge >= 0.3 is 18.1 Å². The highest BCUT2D eigenvalue weighted by Gasteiger charge is 2.38. The van der Waals surface area contributed by atoms with Crippen molar-refractivity contribution in [1.29, 1.82) is 0 Å². The fourth-order valence-electron chi connectivity index (χ4n) is 1.88. The van der Waals surface area contributed by atoms with Crippen LogP contribution in [-0.2, 0) is 23.9 Å². The maximum atomic E-state index is 12.0. The zero-order valence-electron chi connectivity index (χ0n) is 15.3. The number of halogens is 3. The van der Waals surface area contributed by atoms with E-state index in [1.165, 1.54) is 21.0 Å². The number of carbonyl (C=O) groups excluding carboxylic acids is 4. The van der Waals surface area contributed by atoms with Gasteiger partial charge in [0, 0.05) is 6.54 Å². The van der Waals surface area contributed by atoms with Crippen LogP contribution in [-0.4, -0.2) is 61.6 Å². The van der Waals surface area contributed by atoms with E-state index < -0.39 is 48.0 Å². The van der Waals surface area contributed by atoms with Crippen LogP contribution in [0, 0.1) is 0 Å². The van der Waals surface area contributed by atoms with E-state index in [9.17, 15) is 32.3 Å². The number of methoxy groups -OCH3 is 1. The minimum atomic E-state index is -4.93. The number of hydrogen-bond donors (Lipinski definition) is 4. The van der Waals surface area contributed by atoms with E-state index in [2.05, 4.69) is 15.4 Å². The van der Waals surface area contributed by atoms with E-state index in [-0.39, 0.29) is 19.4 Å². The number of hydrogen-bond acceptors (Lipinski definition) is 6. The number of unbranched alkanes of at least 4 members (excludes halogenated alkanes) is 1. The Morgan fingerprint density at radius 1 is 1.00 bits per heavy atom. The second-order valence-electron chi connectivity index (χ2n) is 5.84. The molecule has 0 spiro atoms. The van der Waals surface area contributed by atoms with Gasteiger partial charge in [-0.1, -0.05) is 0 Å². The molecule has 0 saturated heterocycles. The summed E-state index contributed by atoms with van der Waals surface area (Å²) < 4.78 is 40.4. The Kier molecular flexibility index (Phi) is 10.4. The second-order valence-corrected chi connectivity index (χ2v) is 5.84. The highest BCUT2D eigenvalue weighted by atomic mass is 19.4. The lowest BCUT2D eigenvalue weighted by Gasteiger charge is -2.19. The van der Waals surface area contributed by atoms with Crippen LogP contribution in [0.3, 0.4) is 0 Å². The van der Waals surface area contributed by atoms with Crippen LogP contribution in [0.1, 0.15) is 33.1 Å². The fourth-order valence-corrected chi connectivity index (χ4v) is 1.88. The van der Waals surface area contributed by atoms with Gasteiger partial charge in [-0.05, 0) is 33.1 Å². The standard InChI is InChI=1S/C15H25F3N4O5/c1-8(11(23)22-9(2)13(25)27-3)21-12(24)10(19)6-4-5-7-20-14(26)15(16,17)18/h8-10H,4-7,19H2,1-3H3,(H,20,26)(H,21,24)(H,22,23)/t8-,9-,10+/m1/s1. The average Bonchev–Trinajstić information content (AvgIpc) is 2.58. The summed E-state index contributed by atoms with van der Waals surface area (Å²) in [5.74, 6) is -3.90. The molecule has 0 aliphatic carbocycles. The van der Waals surface area contributed by atoms with Crippen molar-refractivity contribution < 1.29 is 37.1 Å². The molecule has 0 unspecified atom stereocenters. The summed E-state index contributed by atoms with van der Waals surface area (Å²) in [5.41, 5.74) is 5.66. The Labute approximate surface area is 154 Å². The third-order valence-corrected chi connectivity index (χ3v) is 3.49. The molecule has 0 rings (SSSR count). The maximum absolute atomic E-state index is 12.0. The van der Waals surface area contributed by atoms with Crippen LogP contribution in [0.25, 0.3) is 0 Å². The molecule has 27 heavy (non-hydrogen) atoms. The molecular formula is C15H25F3N4O5. The van der Waals surface area contributed by atoms with Gasteiger partial charge in [-0.15, -0.1) is 0 Å². The Morgan fingerprint density at radius 3 is 2.07 bits per heavy atom. The van der Waals surface area contributed by atoms with E-state index >= 15 is 0 Å². The van der Waals surface area contributed by atoms with E-state index in [0.717, 1.165) is 0 Å². The number of esters is 1. The molecule has 0 fully saturated rings. The molecule has 3 amide bonds. The van der Waals surface area contributed by atoms with Gasteiger partial charge in [0.25, 0.3) is 0 Å². The molecule has 0 aromatic heterocycles. The van der Waals surface area contributed by atoms with Gasteiger partial charge in [-0.3, -0.25) is 14.4 Å². The Bertz CT molecular complexity index is 542. The van der Waals surface area contributed by atoms with E-state index in [1.54, 1.807) is 5.32 Å². The third-order valence-electron chi connectivity index (χ3n) is 3.49. The lowest BCUT2D eigenvalue weighted by Crippen LogP contribution is -2.52. The predicted octanol–water partition coefficient (Wildman–Crippen LogP) is -0.655. The molecule has 5 N–H and O–H groups in total. The molecule has 3 atom stereocenters. The first-order chi connectivity index (χ1) is 12.4. The molecule has 0 heterocycles. The average molecular weight is 398 g/mol. The molecule has 0 saturated carbocycles. The Hall–Kier alpha value is -2.37. The number of ether oxygens (including phenoxy) is 1. The molecule has 12 heteroatoms. The summed E-state index contributed by atoms with van der Waals surface area (Å²) in [6, 6.07) is -2.82. The van der Waals surface area contributed by atoms with Crippen LogP contribution < -0.4 is 21.7 Å². The quantitative estimate of drug-likeness (QED) is 0.285. The summed E-state index contributed by atoms with van der Waals surface area (Å²) in [6.45, 7) is 2.62. The van der Waals surface area contributed by atoms with Crippen LogP contribution in [0.15, 0.2) is 0 Å². The minimum Gasteiger partial charge on any atom is -0.467 e. The largest absolute Gasteiger partial charge is 0.471 e. The van der Waals surface area contributed by atoms with Crippen molar-refractivity contribution in [3.05, 3.63) is 0 Å². The van der Waals surface area contributed by atoms with Gasteiger partial charge in [0.05, 0.1) is 13.2 Å². The SMILES string of the molecule is COC(=O)[C@@H](C)NC(=O)[C@@H](C)NC(=O)[C@@H](N)CCCCNC(=O)C(F)(F)F. The van der Waals surface area contributed by atoms with Crippen molar-refractivity contribution >= 4 is 23.7 Å². The van der Waals surface area contributed by atoms with Gasteiger partial charge in [0.1, 0.15) is 12.1 Å². The third kappa shape index (κ3) is 9.78. The number of nitrogens with one attached hydrogen (secondary N) is 3. The Balaban J connectivity index is 4.15. The summed E-state index contributed by atoms with van der Waals surface area (Å²) in [7, 11) is 1.17. The topological polar surface area (TPSA) is 140 Å². The highest BCUT2D eigenvalue weighted by molar-refractivity contribution is 5.91. The number of amides is 3. The van der Waals surface area contributed by atoms with Gasteiger partial charge in [-0.2, -0.15) is 13.2 Å². The van der Waals surface area contributed by atoms with Crippen LogP contribution >= 0.6 is 0 Å². The van der Waals surface area contributed by atoms with Crippen molar-refractivity contribution in [2.24, 2.45) is 5.73 Å². The lowest BCUT2D eigenvalue weighted by molar-refractivity contribution is -0.173. The Morgan fingerprint density at radius 2 is 1.56 bits per heavy atom. The van der Waals surface area contributed by atoms with E-state index in [4.69, 9.17) is 5.73 Å². The molecule has 0 radical (unpaired) electrons. The second kappa shape index (κ2) is 11.4. The predicted molar refractivity (Wildman–Crippen MR) is 88.1 cm³/mol. The van der Waals surface area contributed by atoms with Gasteiger partial charge in [-0.25, -0.2) is 4.79 Å². The lowest BCUT2D eigenvalue weighted by atomic mass is 10.1. The summed E-state index contributed by atoms with van der Waals surface area (Å²) >= 11 is 0. The maximum Gasteiger partial charge on any atom is 0.471 e. The van der Waals surface area contributed by atoms with Crippen molar-refractivity contribution in [2.75, 3.05) is 13.7 Å². The van der Waals surface area contributed by atoms with Gasteiger partial charge in [0.15, 0.2) is 0 Å². The van der Waals surface area contributed by atoms with Crippen LogP contribution in [0.2, 0.25) is 0 Å². The van der Waals surface area contributed by atoms with Crippen molar-refractivity contribution in [2.45, 2.75) is 57.4 Å². The summed E-state index contributed by atoms with van der Waals surface area (Å²) in [6.07, 6.45) is -4.28. The monoisotopic (exact) mass is 398 g/mol. The van der Waals surface area contributed by atoms with E-state index in [0.29, 0.717) is 6.42 Å². The molecule has 0 aromatic rings. The first-order valence-electron chi connectivity index (χ1n) is 8.19. The number of rotatable bonds is 10. The normalized spacial score (nSPS) is 14.5. The van der Waals surface area contributed by atoms with Crippen LogP contribution in [0.5, 0.6) is 0 Å². The molecular weight excluding hydrogens is 373 g/mol. The first-order valence-corrected chi connectivity index (χ1v) is 8.19. The van der Waals surface area contributed by atoms with E-state index in [1.807, 2.05) is 0 Å². The van der Waals surface area contributed by atoms with Crippen molar-refractivity contribution in [3.63, 3.8) is 0 Å². The zero-order chi connectivity index (χ0) is 21.2. The van der Waals surface area contributed by atoms with Crippen LogP contribution in [0.4, 0.5) is 13.2 Å². The van der Waals surface area contributed by atoms with Gasteiger partial charge < -0.3 is 26.4 Å². The molecule has 0 aliphatic heterocycles. The smallest absolute Gasteiger partial charge is 0.467 e. The molecule has 0 bridgehead atoms.